The molecule has 0 saturated heterocycles. The third kappa shape index (κ3) is 5.32. The van der Waals surface area contributed by atoms with Crippen LogP contribution in [-0.4, -0.2) is 19.0 Å². The lowest BCUT2D eigenvalue weighted by atomic mass is 10.1. The molecule has 0 saturated carbocycles. The molecule has 2 aromatic rings. The van der Waals surface area contributed by atoms with Crippen LogP contribution in [0.4, 0.5) is 16.2 Å². The summed E-state index contributed by atoms with van der Waals surface area (Å²) in [4.78, 5) is 23.2. The van der Waals surface area contributed by atoms with Crippen LogP contribution in [0.3, 0.4) is 0 Å². The highest BCUT2D eigenvalue weighted by Crippen LogP contribution is 2.15. The lowest BCUT2D eigenvalue weighted by Crippen LogP contribution is -2.24. The highest BCUT2D eigenvalue weighted by Gasteiger charge is 2.02. The fraction of sp³-hybridized carbons (Fsp3) is 0.111. The monoisotopic (exact) mass is 309 g/mol. The maximum Gasteiger partial charge on any atom is 0.318 e. The molecule has 0 spiro atoms. The van der Waals surface area contributed by atoms with Gasteiger partial charge in [0.1, 0.15) is 0 Å². The van der Waals surface area contributed by atoms with Gasteiger partial charge in [-0.1, -0.05) is 35.9 Å². The molecule has 0 atom stereocenters. The number of hydrogen-bond acceptors (Lipinski definition) is 2. The average molecular weight is 309 g/mol. The smallest absolute Gasteiger partial charge is 0.318 e. The second kappa shape index (κ2) is 7.79. The van der Waals surface area contributed by atoms with Gasteiger partial charge in [-0.25, -0.2) is 4.79 Å². The Morgan fingerprint density at radius 3 is 2.26 bits per heavy atom. The molecule has 0 aliphatic rings. The number of nitrogens with one attached hydrogen (secondary N) is 3. The number of rotatable bonds is 4. The number of anilines is 2. The average Bonchev–Trinajstić information content (AvgIpc) is 2.54. The molecule has 5 nitrogen and oxygen atoms in total. The molecular weight excluding hydrogens is 290 g/mol. The van der Waals surface area contributed by atoms with Gasteiger partial charge in [-0.3, -0.25) is 4.79 Å². The van der Waals surface area contributed by atoms with E-state index in [1.807, 2.05) is 31.2 Å². The van der Waals surface area contributed by atoms with Crippen LogP contribution in [0.1, 0.15) is 11.1 Å². The Kier molecular flexibility index (Phi) is 5.52. The first-order chi connectivity index (χ1) is 11.1. The van der Waals surface area contributed by atoms with Crippen molar-refractivity contribution in [2.75, 3.05) is 17.7 Å². The van der Waals surface area contributed by atoms with Crippen LogP contribution in [0.5, 0.6) is 0 Å². The third-order valence-electron chi connectivity index (χ3n) is 3.12. The Balaban J connectivity index is 1.98. The van der Waals surface area contributed by atoms with Crippen molar-refractivity contribution in [1.82, 2.24) is 5.32 Å². The fourth-order valence-corrected chi connectivity index (χ4v) is 1.90. The van der Waals surface area contributed by atoms with Crippen molar-refractivity contribution in [1.29, 1.82) is 0 Å². The van der Waals surface area contributed by atoms with Gasteiger partial charge in [0.2, 0.25) is 5.91 Å². The fourth-order valence-electron chi connectivity index (χ4n) is 1.90. The maximum absolute atomic E-state index is 11.9. The minimum atomic E-state index is -0.312. The summed E-state index contributed by atoms with van der Waals surface area (Å²) in [5.74, 6) is -0.234. The minimum absolute atomic E-state index is 0.234. The van der Waals surface area contributed by atoms with Crippen molar-refractivity contribution in [3.05, 3.63) is 65.7 Å². The van der Waals surface area contributed by atoms with Crippen LogP contribution in [-0.2, 0) is 4.79 Å². The van der Waals surface area contributed by atoms with Gasteiger partial charge in [0.25, 0.3) is 0 Å². The van der Waals surface area contributed by atoms with Gasteiger partial charge in [-0.05, 0) is 36.8 Å². The number of amides is 3. The molecule has 0 radical (unpaired) electrons. The minimum Gasteiger partial charge on any atom is -0.341 e. The lowest BCUT2D eigenvalue weighted by molar-refractivity contribution is -0.111. The van der Waals surface area contributed by atoms with Crippen molar-refractivity contribution < 1.29 is 9.59 Å². The lowest BCUT2D eigenvalue weighted by Gasteiger charge is -2.07. The molecule has 0 bridgehead atoms. The Morgan fingerprint density at radius 1 is 0.957 bits per heavy atom. The van der Waals surface area contributed by atoms with Gasteiger partial charge in [-0.15, -0.1) is 0 Å². The summed E-state index contributed by atoms with van der Waals surface area (Å²) in [5.41, 5.74) is 3.34. The van der Waals surface area contributed by atoms with Gasteiger partial charge in [0, 0.05) is 24.5 Å². The van der Waals surface area contributed by atoms with Crippen molar-refractivity contribution in [2.24, 2.45) is 0 Å². The van der Waals surface area contributed by atoms with E-state index < -0.39 is 0 Å². The summed E-state index contributed by atoms with van der Waals surface area (Å²) in [7, 11) is 1.54. The van der Waals surface area contributed by atoms with Crippen LogP contribution in [0.15, 0.2) is 54.6 Å². The largest absolute Gasteiger partial charge is 0.341 e. The van der Waals surface area contributed by atoms with Gasteiger partial charge in [-0.2, -0.15) is 0 Å². The summed E-state index contributed by atoms with van der Waals surface area (Å²) >= 11 is 0. The normalized spacial score (nSPS) is 10.3. The van der Waals surface area contributed by atoms with Crippen LogP contribution in [0.25, 0.3) is 6.08 Å². The van der Waals surface area contributed by atoms with Gasteiger partial charge >= 0.3 is 6.03 Å². The predicted molar refractivity (Wildman–Crippen MR) is 93.4 cm³/mol. The molecule has 23 heavy (non-hydrogen) atoms. The summed E-state index contributed by atoms with van der Waals surface area (Å²) in [6.45, 7) is 2.01. The quantitative estimate of drug-likeness (QED) is 0.758. The Labute approximate surface area is 135 Å². The summed E-state index contributed by atoms with van der Waals surface area (Å²) < 4.78 is 0. The summed E-state index contributed by atoms with van der Waals surface area (Å²) in [6.07, 6.45) is 3.23. The van der Waals surface area contributed by atoms with Crippen LogP contribution in [0, 0.1) is 6.92 Å². The molecule has 0 aromatic heterocycles. The second-order valence-electron chi connectivity index (χ2n) is 5.02. The van der Waals surface area contributed by atoms with Crippen molar-refractivity contribution in [2.45, 2.75) is 6.92 Å². The van der Waals surface area contributed by atoms with E-state index in [-0.39, 0.29) is 11.9 Å². The molecule has 3 N–H and O–H groups in total. The zero-order valence-corrected chi connectivity index (χ0v) is 13.1. The Bertz CT molecular complexity index is 721. The standard InChI is InChI=1S/C18H19N3O2/c1-13-6-8-14(9-7-13)10-11-17(22)20-15-4-3-5-16(12-15)21-18(23)19-2/h3-12H,1-2H3,(H,20,22)(H2,19,21,23)/b11-10+. The molecule has 118 valence electrons. The SMILES string of the molecule is CNC(=O)Nc1cccc(NC(=O)/C=C/c2ccc(C)cc2)c1. The first kappa shape index (κ1) is 16.3. The second-order valence-corrected chi connectivity index (χ2v) is 5.02. The summed E-state index contributed by atoms with van der Waals surface area (Å²) in [5, 5.41) is 7.87. The van der Waals surface area contributed by atoms with Crippen LogP contribution < -0.4 is 16.0 Å². The molecule has 2 rings (SSSR count). The summed E-state index contributed by atoms with van der Waals surface area (Å²) in [6, 6.07) is 14.5. The van der Waals surface area contributed by atoms with Gasteiger partial charge in [0.15, 0.2) is 0 Å². The number of carbonyl (C=O) groups is 2. The highest BCUT2D eigenvalue weighted by atomic mass is 16.2. The molecule has 3 amide bonds. The highest BCUT2D eigenvalue weighted by molar-refractivity contribution is 6.02. The number of aryl methyl sites for hydroxylation is 1. The zero-order chi connectivity index (χ0) is 16.7. The van der Waals surface area contributed by atoms with Crippen LogP contribution >= 0.6 is 0 Å². The topological polar surface area (TPSA) is 70.2 Å². The first-order valence-corrected chi connectivity index (χ1v) is 7.21. The predicted octanol–water partition coefficient (Wildman–Crippen LogP) is 3.40. The van der Waals surface area contributed by atoms with E-state index in [0.717, 1.165) is 5.56 Å². The van der Waals surface area contributed by atoms with E-state index in [1.54, 1.807) is 30.3 Å². The Morgan fingerprint density at radius 2 is 1.61 bits per heavy atom. The molecular formula is C18H19N3O2. The zero-order valence-electron chi connectivity index (χ0n) is 13.1. The van der Waals surface area contributed by atoms with E-state index in [4.69, 9.17) is 0 Å². The number of urea groups is 1. The van der Waals surface area contributed by atoms with Crippen molar-refractivity contribution >= 4 is 29.4 Å². The molecule has 0 heterocycles. The molecule has 0 aliphatic heterocycles. The van der Waals surface area contributed by atoms with Crippen molar-refractivity contribution in [3.63, 3.8) is 0 Å². The van der Waals surface area contributed by atoms with Crippen molar-refractivity contribution in [3.8, 4) is 0 Å². The van der Waals surface area contributed by atoms with Gasteiger partial charge in [0.05, 0.1) is 0 Å². The molecule has 0 aliphatic carbocycles. The third-order valence-corrected chi connectivity index (χ3v) is 3.12. The van der Waals surface area contributed by atoms with E-state index in [2.05, 4.69) is 16.0 Å². The Hall–Kier alpha value is -3.08. The van der Waals surface area contributed by atoms with E-state index >= 15 is 0 Å². The molecule has 0 fully saturated rings. The molecule has 5 heteroatoms. The van der Waals surface area contributed by atoms with E-state index in [9.17, 15) is 9.59 Å². The van der Waals surface area contributed by atoms with E-state index in [1.165, 1.54) is 18.7 Å². The van der Waals surface area contributed by atoms with E-state index in [0.29, 0.717) is 11.4 Å². The first-order valence-electron chi connectivity index (χ1n) is 7.21. The number of benzene rings is 2. The molecule has 0 unspecified atom stereocenters. The van der Waals surface area contributed by atoms with Gasteiger partial charge < -0.3 is 16.0 Å². The van der Waals surface area contributed by atoms with Crippen LogP contribution in [0.2, 0.25) is 0 Å². The maximum atomic E-state index is 11.9. The number of hydrogen-bond donors (Lipinski definition) is 3. The molecule has 2 aromatic carbocycles. The number of carbonyl (C=O) groups excluding carboxylic acids is 2.